The average molecular weight is 418 g/mol. The lowest BCUT2D eigenvalue weighted by atomic mass is 10.1. The van der Waals surface area contributed by atoms with E-state index in [0.29, 0.717) is 17.2 Å². The molecule has 1 aromatic heterocycles. The Labute approximate surface area is 143 Å². The molecule has 4 aromatic rings. The predicted molar refractivity (Wildman–Crippen MR) is 96.8 cm³/mol. The fourth-order valence-electron chi connectivity index (χ4n) is 2.46. The maximum atomic E-state index is 5.99. The van der Waals surface area contributed by atoms with Crippen LogP contribution in [0.2, 0.25) is 0 Å². The van der Waals surface area contributed by atoms with Gasteiger partial charge < -0.3 is 10.2 Å². The van der Waals surface area contributed by atoms with Crippen LogP contribution in [0.5, 0.6) is 0 Å². The van der Waals surface area contributed by atoms with Crippen LogP contribution in [0.3, 0.4) is 0 Å². The molecule has 5 heteroatoms. The number of nitrogen functional groups attached to an aromatic ring is 1. The first-order valence-electron chi connectivity index (χ1n) is 6.66. The molecule has 0 saturated carbocycles. The number of aromatic nitrogens is 1. The monoisotopic (exact) mass is 416 g/mol. The highest BCUT2D eigenvalue weighted by atomic mass is 79.9. The van der Waals surface area contributed by atoms with Crippen molar-refractivity contribution in [1.29, 1.82) is 0 Å². The average Bonchev–Trinajstić information content (AvgIpc) is 2.96. The largest absolute Gasteiger partial charge is 0.436 e. The number of nitrogens with zero attached hydrogens (tertiary/aromatic N) is 1. The minimum atomic E-state index is 0.582. The fourth-order valence-corrected chi connectivity index (χ4v) is 3.63. The van der Waals surface area contributed by atoms with Gasteiger partial charge in [0.25, 0.3) is 0 Å². The summed E-state index contributed by atoms with van der Waals surface area (Å²) in [5.74, 6) is 0.582. The van der Waals surface area contributed by atoms with Crippen molar-refractivity contribution in [1.82, 2.24) is 4.98 Å². The van der Waals surface area contributed by atoms with Crippen LogP contribution in [0.4, 0.5) is 5.69 Å². The SMILES string of the molecule is Nc1c(Br)cc2oc(-c3ccc4ccccc4c3)nc2c1Br. The second-order valence-corrected chi connectivity index (χ2v) is 6.66. The van der Waals surface area contributed by atoms with Crippen LogP contribution in [0, 0.1) is 0 Å². The van der Waals surface area contributed by atoms with Gasteiger partial charge in [-0.1, -0.05) is 30.3 Å². The predicted octanol–water partition coefficient (Wildman–Crippen LogP) is 5.76. The van der Waals surface area contributed by atoms with E-state index in [9.17, 15) is 0 Å². The Morgan fingerprint density at radius 1 is 0.955 bits per heavy atom. The van der Waals surface area contributed by atoms with Crippen molar-refractivity contribution in [2.45, 2.75) is 0 Å². The number of hydrogen-bond acceptors (Lipinski definition) is 3. The molecule has 4 rings (SSSR count). The third-order valence-electron chi connectivity index (χ3n) is 3.61. The van der Waals surface area contributed by atoms with Gasteiger partial charge in [-0.3, -0.25) is 0 Å². The number of benzene rings is 3. The summed E-state index contributed by atoms with van der Waals surface area (Å²) in [7, 11) is 0. The quantitative estimate of drug-likeness (QED) is 0.401. The van der Waals surface area contributed by atoms with Gasteiger partial charge in [0, 0.05) is 10.0 Å². The summed E-state index contributed by atoms with van der Waals surface area (Å²) in [6.07, 6.45) is 0. The van der Waals surface area contributed by atoms with Crippen LogP contribution in [-0.2, 0) is 0 Å². The van der Waals surface area contributed by atoms with Gasteiger partial charge in [0.05, 0.1) is 10.2 Å². The van der Waals surface area contributed by atoms with Gasteiger partial charge in [0.1, 0.15) is 5.52 Å². The molecule has 0 radical (unpaired) electrons. The molecule has 0 atom stereocenters. The number of halogens is 2. The fraction of sp³-hybridized carbons (Fsp3) is 0. The van der Waals surface area contributed by atoms with Gasteiger partial charge in [-0.15, -0.1) is 0 Å². The Morgan fingerprint density at radius 3 is 2.55 bits per heavy atom. The topological polar surface area (TPSA) is 52.0 Å². The number of anilines is 1. The van der Waals surface area contributed by atoms with Gasteiger partial charge in [-0.05, 0) is 60.8 Å². The number of rotatable bonds is 1. The molecule has 2 N–H and O–H groups in total. The molecule has 0 fully saturated rings. The molecule has 3 aromatic carbocycles. The Morgan fingerprint density at radius 2 is 1.73 bits per heavy atom. The molecular weight excluding hydrogens is 408 g/mol. The van der Waals surface area contributed by atoms with Gasteiger partial charge in [0.15, 0.2) is 5.58 Å². The van der Waals surface area contributed by atoms with E-state index in [1.165, 1.54) is 5.39 Å². The van der Waals surface area contributed by atoms with E-state index in [2.05, 4.69) is 61.1 Å². The molecule has 0 aliphatic rings. The lowest BCUT2D eigenvalue weighted by Gasteiger charge is -1.99. The summed E-state index contributed by atoms with van der Waals surface area (Å²) < 4.78 is 7.42. The third kappa shape index (κ3) is 2.12. The van der Waals surface area contributed by atoms with Gasteiger partial charge in [-0.2, -0.15) is 0 Å². The maximum Gasteiger partial charge on any atom is 0.227 e. The smallest absolute Gasteiger partial charge is 0.227 e. The van der Waals surface area contributed by atoms with Gasteiger partial charge >= 0.3 is 0 Å². The minimum absolute atomic E-state index is 0.582. The van der Waals surface area contributed by atoms with Crippen LogP contribution in [0.15, 0.2) is 61.9 Å². The molecule has 108 valence electrons. The van der Waals surface area contributed by atoms with Crippen LogP contribution >= 0.6 is 31.9 Å². The highest BCUT2D eigenvalue weighted by Crippen LogP contribution is 2.37. The molecule has 0 aliphatic heterocycles. The van der Waals surface area contributed by atoms with Crippen molar-refractivity contribution in [3.63, 3.8) is 0 Å². The molecule has 0 saturated heterocycles. The van der Waals surface area contributed by atoms with Crippen LogP contribution in [0.25, 0.3) is 33.3 Å². The maximum absolute atomic E-state index is 5.99. The Kier molecular flexibility index (Phi) is 3.20. The molecule has 1 heterocycles. The van der Waals surface area contributed by atoms with Crippen molar-refractivity contribution < 1.29 is 4.42 Å². The van der Waals surface area contributed by atoms with Crippen molar-refractivity contribution in [2.75, 3.05) is 5.73 Å². The molecular formula is C17H10Br2N2O. The van der Waals surface area contributed by atoms with Gasteiger partial charge in [0.2, 0.25) is 5.89 Å². The second-order valence-electron chi connectivity index (χ2n) is 5.01. The third-order valence-corrected chi connectivity index (χ3v) is 5.07. The van der Waals surface area contributed by atoms with E-state index in [1.54, 1.807) is 0 Å². The summed E-state index contributed by atoms with van der Waals surface area (Å²) >= 11 is 6.90. The van der Waals surface area contributed by atoms with Crippen LogP contribution < -0.4 is 5.73 Å². The Hall–Kier alpha value is -1.85. The van der Waals surface area contributed by atoms with Crippen molar-refractivity contribution in [3.8, 4) is 11.5 Å². The summed E-state index contributed by atoms with van der Waals surface area (Å²) in [5, 5.41) is 2.34. The molecule has 0 spiro atoms. The molecule has 0 aliphatic carbocycles. The first-order chi connectivity index (χ1) is 10.6. The highest BCUT2D eigenvalue weighted by molar-refractivity contribution is 9.11. The number of nitrogens with two attached hydrogens (primary N) is 1. The Balaban J connectivity index is 1.94. The highest BCUT2D eigenvalue weighted by Gasteiger charge is 2.15. The number of fused-ring (bicyclic) bond motifs is 2. The lowest BCUT2D eigenvalue weighted by molar-refractivity contribution is 0.620. The minimum Gasteiger partial charge on any atom is -0.436 e. The molecule has 3 nitrogen and oxygen atoms in total. The molecule has 0 unspecified atom stereocenters. The normalized spacial score (nSPS) is 11.4. The standard InChI is InChI=1S/C17H10Br2N2O/c18-12-8-13-16(14(19)15(12)20)21-17(22-13)11-6-5-9-3-1-2-4-10(9)7-11/h1-8H,20H2. The summed E-state index contributed by atoms with van der Waals surface area (Å²) in [5.41, 5.74) is 8.97. The zero-order chi connectivity index (χ0) is 15.3. The number of hydrogen-bond donors (Lipinski definition) is 1. The summed E-state index contributed by atoms with van der Waals surface area (Å²) in [6, 6.07) is 16.2. The van der Waals surface area contributed by atoms with Crippen molar-refractivity contribution >= 4 is 59.4 Å². The lowest BCUT2D eigenvalue weighted by Crippen LogP contribution is -1.88. The van der Waals surface area contributed by atoms with E-state index in [1.807, 2.05) is 24.3 Å². The van der Waals surface area contributed by atoms with E-state index >= 15 is 0 Å². The van der Waals surface area contributed by atoms with E-state index in [-0.39, 0.29) is 0 Å². The Bertz CT molecular complexity index is 1020. The number of oxazole rings is 1. The zero-order valence-electron chi connectivity index (χ0n) is 11.3. The first kappa shape index (κ1) is 13.8. The molecule has 0 bridgehead atoms. The zero-order valence-corrected chi connectivity index (χ0v) is 14.5. The van der Waals surface area contributed by atoms with Crippen LogP contribution in [0.1, 0.15) is 0 Å². The van der Waals surface area contributed by atoms with Crippen molar-refractivity contribution in [3.05, 3.63) is 57.5 Å². The van der Waals surface area contributed by atoms with E-state index < -0.39 is 0 Å². The summed E-state index contributed by atoms with van der Waals surface area (Å²) in [4.78, 5) is 4.58. The van der Waals surface area contributed by atoms with Gasteiger partial charge in [-0.25, -0.2) is 4.98 Å². The van der Waals surface area contributed by atoms with E-state index in [4.69, 9.17) is 10.2 Å². The second kappa shape index (κ2) is 5.11. The molecule has 22 heavy (non-hydrogen) atoms. The van der Waals surface area contributed by atoms with E-state index in [0.717, 1.165) is 25.4 Å². The summed E-state index contributed by atoms with van der Waals surface area (Å²) in [6.45, 7) is 0. The molecule has 0 amide bonds. The van der Waals surface area contributed by atoms with Crippen molar-refractivity contribution in [2.24, 2.45) is 0 Å². The first-order valence-corrected chi connectivity index (χ1v) is 8.25. The van der Waals surface area contributed by atoms with Crippen LogP contribution in [-0.4, -0.2) is 4.98 Å².